The van der Waals surface area contributed by atoms with E-state index < -0.39 is 0 Å². The highest BCUT2D eigenvalue weighted by Crippen LogP contribution is 2.15. The van der Waals surface area contributed by atoms with Gasteiger partial charge in [0, 0.05) is 44.1 Å². The molecule has 0 unspecified atom stereocenters. The lowest BCUT2D eigenvalue weighted by Gasteiger charge is -2.23. The number of anilines is 1. The van der Waals surface area contributed by atoms with Crippen LogP contribution in [0.15, 0.2) is 65.0 Å². The monoisotopic (exact) mass is 421 g/mol. The topological polar surface area (TPSA) is 106 Å². The van der Waals surface area contributed by atoms with E-state index in [4.69, 9.17) is 10.3 Å². The number of ketones is 1. The minimum Gasteiger partial charge on any atom is -0.383 e. The Kier molecular flexibility index (Phi) is 7.02. The first kappa shape index (κ1) is 22.0. The Morgan fingerprint density at radius 3 is 2.68 bits per heavy atom. The molecule has 162 valence electrons. The van der Waals surface area contributed by atoms with Crippen molar-refractivity contribution < 1.29 is 14.1 Å². The molecule has 1 aliphatic rings. The summed E-state index contributed by atoms with van der Waals surface area (Å²) in [5, 5.41) is 3.82. The molecule has 8 nitrogen and oxygen atoms in total. The summed E-state index contributed by atoms with van der Waals surface area (Å²) in [6.45, 7) is 10.3. The number of pyridine rings is 1. The quantitative estimate of drug-likeness (QED) is 0.434. The van der Waals surface area contributed by atoms with E-state index in [-0.39, 0.29) is 17.5 Å². The zero-order chi connectivity index (χ0) is 22.4. The Labute approximate surface area is 181 Å². The van der Waals surface area contributed by atoms with Crippen LogP contribution in [0, 0.1) is 6.92 Å². The lowest BCUT2D eigenvalue weighted by molar-refractivity contribution is 0.0752. The van der Waals surface area contributed by atoms with Crippen LogP contribution in [0.4, 0.5) is 5.82 Å². The molecule has 1 saturated heterocycles. The van der Waals surface area contributed by atoms with Gasteiger partial charge in [0.2, 0.25) is 0 Å². The largest absolute Gasteiger partial charge is 0.383 e. The first-order valence-corrected chi connectivity index (χ1v) is 10.1. The fourth-order valence-corrected chi connectivity index (χ4v) is 3.34. The van der Waals surface area contributed by atoms with E-state index in [0.717, 1.165) is 18.7 Å². The van der Waals surface area contributed by atoms with Crippen molar-refractivity contribution in [1.29, 1.82) is 0 Å². The Morgan fingerprint density at radius 1 is 1.23 bits per heavy atom. The number of nitrogens with two attached hydrogens (primary N) is 1. The molecule has 0 atom stereocenters. The Bertz CT molecular complexity index is 1040. The molecule has 2 aromatic heterocycles. The lowest BCUT2D eigenvalue weighted by Crippen LogP contribution is -2.35. The summed E-state index contributed by atoms with van der Waals surface area (Å²) >= 11 is 0. The smallest absolute Gasteiger partial charge is 0.276 e. The van der Waals surface area contributed by atoms with Gasteiger partial charge in [0.15, 0.2) is 11.5 Å². The fourth-order valence-electron chi connectivity index (χ4n) is 3.34. The molecule has 1 fully saturated rings. The summed E-state index contributed by atoms with van der Waals surface area (Å²) in [5.74, 6) is 0.559. The van der Waals surface area contributed by atoms with Gasteiger partial charge in [-0.25, -0.2) is 4.98 Å². The summed E-state index contributed by atoms with van der Waals surface area (Å²) in [4.78, 5) is 33.0. The lowest BCUT2D eigenvalue weighted by atomic mass is 10.1. The SMILES string of the molecule is C=C(/C=C\C=C(/C)C(=O)c1cccnc1N)N1CCCN(C(=O)c2cc(C)on2)CC1. The van der Waals surface area contributed by atoms with E-state index in [1.54, 1.807) is 55.3 Å². The van der Waals surface area contributed by atoms with Gasteiger partial charge in [0.25, 0.3) is 5.91 Å². The van der Waals surface area contributed by atoms with Crippen molar-refractivity contribution in [1.82, 2.24) is 19.9 Å². The highest BCUT2D eigenvalue weighted by Gasteiger charge is 2.22. The molecule has 0 saturated carbocycles. The second-order valence-electron chi connectivity index (χ2n) is 7.42. The van der Waals surface area contributed by atoms with Crippen molar-refractivity contribution in [2.75, 3.05) is 31.9 Å². The minimum absolute atomic E-state index is 0.119. The second-order valence-corrected chi connectivity index (χ2v) is 7.42. The van der Waals surface area contributed by atoms with Crippen LogP contribution < -0.4 is 5.73 Å². The van der Waals surface area contributed by atoms with Crippen LogP contribution in [0.25, 0.3) is 0 Å². The molecule has 8 heteroatoms. The average Bonchev–Trinajstić information content (AvgIpc) is 3.04. The highest BCUT2D eigenvalue weighted by atomic mass is 16.5. The molecule has 1 aliphatic heterocycles. The summed E-state index contributed by atoms with van der Waals surface area (Å²) < 4.78 is 5.01. The molecule has 3 heterocycles. The zero-order valence-corrected chi connectivity index (χ0v) is 17.9. The maximum absolute atomic E-state index is 12.6. The van der Waals surface area contributed by atoms with E-state index in [1.165, 1.54) is 0 Å². The number of amides is 1. The van der Waals surface area contributed by atoms with Gasteiger partial charge in [-0.15, -0.1) is 0 Å². The van der Waals surface area contributed by atoms with Gasteiger partial charge in [-0.05, 0) is 44.1 Å². The third-order valence-corrected chi connectivity index (χ3v) is 5.11. The Balaban J connectivity index is 1.57. The molecule has 0 aliphatic carbocycles. The number of hydrogen-bond donors (Lipinski definition) is 1. The van der Waals surface area contributed by atoms with Gasteiger partial charge in [0.05, 0.1) is 5.56 Å². The highest BCUT2D eigenvalue weighted by molar-refractivity contribution is 6.11. The molecule has 0 bridgehead atoms. The number of carbonyl (C=O) groups excluding carboxylic acids is 2. The van der Waals surface area contributed by atoms with Crippen LogP contribution in [0.2, 0.25) is 0 Å². The van der Waals surface area contributed by atoms with E-state index in [2.05, 4.69) is 21.6 Å². The van der Waals surface area contributed by atoms with E-state index in [0.29, 0.717) is 42.2 Å². The fraction of sp³-hybridized carbons (Fsp3) is 0.304. The number of rotatable bonds is 6. The zero-order valence-electron chi connectivity index (χ0n) is 17.9. The van der Waals surface area contributed by atoms with Gasteiger partial charge >= 0.3 is 0 Å². The molecule has 0 radical (unpaired) electrons. The predicted octanol–water partition coefficient (Wildman–Crippen LogP) is 3.01. The van der Waals surface area contributed by atoms with E-state index in [1.807, 2.05) is 6.08 Å². The molecule has 2 aromatic rings. The van der Waals surface area contributed by atoms with E-state index in [9.17, 15) is 9.59 Å². The van der Waals surface area contributed by atoms with Crippen molar-refractivity contribution in [3.63, 3.8) is 0 Å². The van der Waals surface area contributed by atoms with Gasteiger partial charge in [-0.3, -0.25) is 9.59 Å². The molecule has 0 aromatic carbocycles. The number of aryl methyl sites for hydroxylation is 1. The van der Waals surface area contributed by atoms with Crippen LogP contribution in [0.5, 0.6) is 0 Å². The molecular formula is C23H27N5O3. The number of carbonyl (C=O) groups is 2. The van der Waals surface area contributed by atoms with Gasteiger partial charge < -0.3 is 20.1 Å². The maximum Gasteiger partial charge on any atom is 0.276 e. The first-order valence-electron chi connectivity index (χ1n) is 10.1. The van der Waals surface area contributed by atoms with Gasteiger partial charge in [-0.1, -0.05) is 23.9 Å². The van der Waals surface area contributed by atoms with Gasteiger partial charge in [0.1, 0.15) is 11.6 Å². The van der Waals surface area contributed by atoms with Crippen molar-refractivity contribution in [2.45, 2.75) is 20.3 Å². The van der Waals surface area contributed by atoms with Crippen molar-refractivity contribution >= 4 is 17.5 Å². The minimum atomic E-state index is -0.159. The van der Waals surface area contributed by atoms with Crippen LogP contribution in [0.3, 0.4) is 0 Å². The van der Waals surface area contributed by atoms with Gasteiger partial charge in [-0.2, -0.15) is 0 Å². The number of aromatic nitrogens is 2. The number of allylic oxidation sites excluding steroid dienone is 4. The third-order valence-electron chi connectivity index (χ3n) is 5.11. The molecular weight excluding hydrogens is 394 g/mol. The normalized spacial score (nSPS) is 15.2. The summed E-state index contributed by atoms with van der Waals surface area (Å²) in [6, 6.07) is 5.00. The predicted molar refractivity (Wildman–Crippen MR) is 118 cm³/mol. The van der Waals surface area contributed by atoms with Crippen LogP contribution in [-0.2, 0) is 0 Å². The molecule has 0 spiro atoms. The Hall–Kier alpha value is -3.68. The van der Waals surface area contributed by atoms with Crippen LogP contribution in [-0.4, -0.2) is 57.8 Å². The van der Waals surface area contributed by atoms with Crippen LogP contribution >= 0.6 is 0 Å². The molecule has 1 amide bonds. The van der Waals surface area contributed by atoms with Crippen molar-refractivity contribution in [3.8, 4) is 0 Å². The van der Waals surface area contributed by atoms with Crippen molar-refractivity contribution in [3.05, 3.63) is 77.5 Å². The third kappa shape index (κ3) is 5.48. The van der Waals surface area contributed by atoms with Crippen LogP contribution in [0.1, 0.15) is 40.0 Å². The maximum atomic E-state index is 12.6. The Morgan fingerprint density at radius 2 is 1.97 bits per heavy atom. The number of nitrogens with zero attached hydrogens (tertiary/aromatic N) is 4. The molecule has 31 heavy (non-hydrogen) atoms. The molecule has 2 N–H and O–H groups in total. The number of Topliss-reactive ketones (excluding diaryl/α,β-unsaturated/α-hetero) is 1. The molecule has 3 rings (SSSR count). The standard InChI is InChI=1S/C23H27N5O3/c1-16(21(29)19-9-5-10-25-22(19)24)7-4-8-17(2)27-11-6-12-28(14-13-27)23(30)20-15-18(3)31-26-20/h4-5,7-10,15H,2,6,11-14H2,1,3H3,(H2,24,25)/b8-4-,16-7+. The average molecular weight is 422 g/mol. The number of hydrogen-bond acceptors (Lipinski definition) is 7. The second kappa shape index (κ2) is 9.88. The van der Waals surface area contributed by atoms with Crippen molar-refractivity contribution in [2.24, 2.45) is 0 Å². The number of nitrogen functional groups attached to an aromatic ring is 1. The first-order chi connectivity index (χ1) is 14.9. The summed E-state index contributed by atoms with van der Waals surface area (Å²) in [5.41, 5.74) is 7.89. The summed E-state index contributed by atoms with van der Waals surface area (Å²) in [7, 11) is 0. The summed E-state index contributed by atoms with van der Waals surface area (Å²) in [6.07, 6.45) is 7.78. The van der Waals surface area contributed by atoms with E-state index >= 15 is 0 Å².